The standard InChI is InChI=1S/C33H34BF6NO6/c1-3-4-18(11-19-5-8-24(42)9-6-19)7-10-27-28-20(17-46-2)12-25-29(26(28)16-34(45)47-27)31(44)41(30(25)43)23-14-21(32(35,36)37)13-22(15-23)33(38,39)40/h5-6,8-9,11,13-15,25-27,29,42,45H,3-4,7,10,12,16-17H2,1-2H3/b18-11+/t25-,26+,27-,29-/m1/s1. The van der Waals surface area contributed by atoms with Gasteiger partial charge in [-0.2, -0.15) is 26.3 Å². The summed E-state index contributed by atoms with van der Waals surface area (Å²) in [5, 5.41) is 20.4. The minimum atomic E-state index is -5.17. The SMILES string of the molecule is CCC/C(=C\c1ccc(O)cc1)CC[C@H]1OB(O)C[C@H]2C1=C(COC)C[C@H]1C(=O)N(c3cc(C(F)(F)F)cc(C(F)(F)F)c3)C(=O)[C@H]12. The third kappa shape index (κ3) is 7.29. The minimum absolute atomic E-state index is 0.00236. The number of nitrogens with zero attached hydrogens (tertiary/aromatic N) is 1. The summed E-state index contributed by atoms with van der Waals surface area (Å²) >= 11 is 0. The van der Waals surface area contributed by atoms with Crippen LogP contribution in [0.1, 0.15) is 55.7 Å². The molecule has 1 aliphatic carbocycles. The summed E-state index contributed by atoms with van der Waals surface area (Å²) in [4.78, 5) is 28.1. The number of phenols is 1. The molecule has 2 amide bonds. The highest BCUT2D eigenvalue weighted by Gasteiger charge is 2.58. The summed E-state index contributed by atoms with van der Waals surface area (Å²) < 4.78 is 93.2. The van der Waals surface area contributed by atoms with E-state index in [-0.39, 0.29) is 31.2 Å². The number of alkyl halides is 6. The maximum atomic E-state index is 13.9. The minimum Gasteiger partial charge on any atom is -0.508 e. The van der Waals surface area contributed by atoms with Crippen molar-refractivity contribution in [3.05, 3.63) is 75.9 Å². The molecule has 0 radical (unpaired) electrons. The molecule has 3 aliphatic rings. The largest absolute Gasteiger partial charge is 0.508 e. The Balaban J connectivity index is 1.49. The van der Waals surface area contributed by atoms with Crippen LogP contribution in [0.5, 0.6) is 5.75 Å². The Kier molecular flexibility index (Phi) is 9.96. The lowest BCUT2D eigenvalue weighted by Gasteiger charge is -2.43. The van der Waals surface area contributed by atoms with E-state index in [2.05, 4.69) is 0 Å². The van der Waals surface area contributed by atoms with Gasteiger partial charge in [0.25, 0.3) is 0 Å². The molecule has 2 saturated heterocycles. The molecule has 0 bridgehead atoms. The Morgan fingerprint density at radius 1 is 1.00 bits per heavy atom. The molecule has 252 valence electrons. The number of ether oxygens (including phenoxy) is 1. The molecule has 2 fully saturated rings. The van der Waals surface area contributed by atoms with Gasteiger partial charge >= 0.3 is 19.5 Å². The molecule has 0 spiro atoms. The summed E-state index contributed by atoms with van der Waals surface area (Å²) in [6, 6.07) is 7.41. The molecule has 2 aliphatic heterocycles. The zero-order valence-electron chi connectivity index (χ0n) is 25.7. The second-order valence-corrected chi connectivity index (χ2v) is 12.2. The normalized spacial score (nSPS) is 23.8. The number of anilines is 1. The molecule has 5 rings (SSSR count). The summed E-state index contributed by atoms with van der Waals surface area (Å²) in [6.07, 6.45) is -6.56. The smallest absolute Gasteiger partial charge is 0.455 e. The fraction of sp³-hybridized carbons (Fsp3) is 0.455. The molecule has 47 heavy (non-hydrogen) atoms. The summed E-state index contributed by atoms with van der Waals surface area (Å²) in [6.45, 7) is 2.08. The van der Waals surface area contributed by atoms with Crippen LogP contribution in [0.15, 0.2) is 59.2 Å². The Labute approximate surface area is 268 Å². The van der Waals surface area contributed by atoms with Crippen molar-refractivity contribution < 1.29 is 55.5 Å². The maximum absolute atomic E-state index is 13.9. The Bertz CT molecular complexity index is 1540. The van der Waals surface area contributed by atoms with Crippen LogP contribution in [0.4, 0.5) is 32.0 Å². The lowest BCUT2D eigenvalue weighted by atomic mass is 9.58. The molecule has 14 heteroatoms. The number of amides is 2. The van der Waals surface area contributed by atoms with E-state index in [0.29, 0.717) is 41.0 Å². The quantitative estimate of drug-likeness (QED) is 0.129. The highest BCUT2D eigenvalue weighted by atomic mass is 19.4. The Morgan fingerprint density at radius 3 is 2.21 bits per heavy atom. The number of benzene rings is 2. The summed E-state index contributed by atoms with van der Waals surface area (Å²) in [5.41, 5.74) is -0.807. The number of phenolic OH excluding ortho intramolecular Hbond substituents is 1. The first-order valence-electron chi connectivity index (χ1n) is 15.3. The molecule has 0 aromatic heterocycles. The molecule has 4 atom stereocenters. The van der Waals surface area contributed by atoms with Crippen molar-refractivity contribution in [2.75, 3.05) is 18.6 Å². The van der Waals surface area contributed by atoms with E-state index in [0.717, 1.165) is 24.0 Å². The van der Waals surface area contributed by atoms with Crippen LogP contribution in [0.25, 0.3) is 6.08 Å². The second kappa shape index (κ2) is 13.5. The van der Waals surface area contributed by atoms with Crippen LogP contribution < -0.4 is 4.90 Å². The molecule has 7 nitrogen and oxygen atoms in total. The van der Waals surface area contributed by atoms with Crippen LogP contribution in [-0.2, 0) is 31.3 Å². The van der Waals surface area contributed by atoms with Crippen LogP contribution in [0.2, 0.25) is 6.32 Å². The van der Waals surface area contributed by atoms with E-state index >= 15 is 0 Å². The number of fused-ring (bicyclic) bond motifs is 3. The van der Waals surface area contributed by atoms with Gasteiger partial charge in [-0.3, -0.25) is 9.59 Å². The molecule has 2 aromatic carbocycles. The van der Waals surface area contributed by atoms with Gasteiger partial charge < -0.3 is 19.5 Å². The van der Waals surface area contributed by atoms with Crippen LogP contribution in [0.3, 0.4) is 0 Å². The van der Waals surface area contributed by atoms with Crippen molar-refractivity contribution in [1.82, 2.24) is 0 Å². The van der Waals surface area contributed by atoms with Gasteiger partial charge in [0, 0.05) is 7.11 Å². The topological polar surface area (TPSA) is 96.3 Å². The molecule has 2 aromatic rings. The predicted octanol–water partition coefficient (Wildman–Crippen LogP) is 7.04. The number of carbonyl (C=O) groups is 2. The molecule has 0 saturated carbocycles. The maximum Gasteiger partial charge on any atom is 0.455 e. The van der Waals surface area contributed by atoms with E-state index in [4.69, 9.17) is 9.39 Å². The van der Waals surface area contributed by atoms with Gasteiger partial charge in [-0.15, -0.1) is 0 Å². The van der Waals surface area contributed by atoms with Crippen molar-refractivity contribution in [3.63, 3.8) is 0 Å². The van der Waals surface area contributed by atoms with E-state index < -0.39 is 72.0 Å². The third-order valence-electron chi connectivity index (χ3n) is 9.02. The number of allylic oxidation sites excluding steroid dienone is 1. The van der Waals surface area contributed by atoms with E-state index in [1.807, 2.05) is 13.0 Å². The highest BCUT2D eigenvalue weighted by Crippen LogP contribution is 2.52. The fourth-order valence-electron chi connectivity index (χ4n) is 7.11. The van der Waals surface area contributed by atoms with Gasteiger partial charge in [-0.05, 0) is 85.0 Å². The van der Waals surface area contributed by atoms with E-state index in [9.17, 15) is 46.1 Å². The van der Waals surface area contributed by atoms with Gasteiger partial charge in [-0.1, -0.05) is 37.1 Å². The molecular formula is C33H34BF6NO6. The van der Waals surface area contributed by atoms with Gasteiger partial charge in [-0.25, -0.2) is 4.90 Å². The van der Waals surface area contributed by atoms with Crippen molar-refractivity contribution >= 4 is 30.7 Å². The van der Waals surface area contributed by atoms with Crippen LogP contribution >= 0.6 is 0 Å². The molecule has 2 heterocycles. The number of carbonyl (C=O) groups excluding carboxylic acids is 2. The van der Waals surface area contributed by atoms with Gasteiger partial charge in [0.15, 0.2) is 0 Å². The zero-order chi connectivity index (χ0) is 34.3. The van der Waals surface area contributed by atoms with Gasteiger partial charge in [0.05, 0.1) is 41.4 Å². The predicted molar refractivity (Wildman–Crippen MR) is 161 cm³/mol. The number of aromatic hydroxyl groups is 1. The average Bonchev–Trinajstić information content (AvgIpc) is 3.24. The van der Waals surface area contributed by atoms with Crippen molar-refractivity contribution in [2.45, 2.75) is 63.8 Å². The van der Waals surface area contributed by atoms with Gasteiger partial charge in [0.1, 0.15) is 5.75 Å². The second-order valence-electron chi connectivity index (χ2n) is 12.2. The molecule has 2 N–H and O–H groups in total. The average molecular weight is 665 g/mol. The highest BCUT2D eigenvalue weighted by molar-refractivity contribution is 6.43. The first-order valence-corrected chi connectivity index (χ1v) is 15.3. The monoisotopic (exact) mass is 665 g/mol. The summed E-state index contributed by atoms with van der Waals surface area (Å²) in [7, 11) is 0.117. The number of imide groups is 1. The van der Waals surface area contributed by atoms with E-state index in [1.54, 1.807) is 24.3 Å². The molecule has 0 unspecified atom stereocenters. The fourth-order valence-corrected chi connectivity index (χ4v) is 7.11. The molecular weight excluding hydrogens is 631 g/mol. The summed E-state index contributed by atoms with van der Waals surface area (Å²) in [5.74, 6) is -4.63. The van der Waals surface area contributed by atoms with E-state index in [1.165, 1.54) is 7.11 Å². The number of hydrogen-bond donors (Lipinski definition) is 2. The zero-order valence-corrected chi connectivity index (χ0v) is 25.7. The Morgan fingerprint density at radius 2 is 1.64 bits per heavy atom. The van der Waals surface area contributed by atoms with Crippen molar-refractivity contribution in [3.8, 4) is 5.75 Å². The van der Waals surface area contributed by atoms with Crippen molar-refractivity contribution in [2.24, 2.45) is 17.8 Å². The van der Waals surface area contributed by atoms with Gasteiger partial charge in [0.2, 0.25) is 11.8 Å². The van der Waals surface area contributed by atoms with Crippen LogP contribution in [-0.4, -0.2) is 48.9 Å². The number of rotatable bonds is 9. The Hall–Kier alpha value is -3.62. The first kappa shape index (κ1) is 34.7. The number of hydrogen-bond acceptors (Lipinski definition) is 6. The number of halogens is 6. The lowest BCUT2D eigenvalue weighted by molar-refractivity contribution is -0.143. The lowest BCUT2D eigenvalue weighted by Crippen LogP contribution is -2.46. The third-order valence-corrected chi connectivity index (χ3v) is 9.02. The van der Waals surface area contributed by atoms with Crippen LogP contribution in [0, 0.1) is 17.8 Å². The number of methoxy groups -OCH3 is 1. The first-order chi connectivity index (χ1) is 22.1. The van der Waals surface area contributed by atoms with Crippen molar-refractivity contribution in [1.29, 1.82) is 0 Å².